The van der Waals surface area contributed by atoms with Gasteiger partial charge in [0.05, 0.1) is 0 Å². The fourth-order valence-electron chi connectivity index (χ4n) is 2.59. The summed E-state index contributed by atoms with van der Waals surface area (Å²) in [5.74, 6) is 0. The zero-order valence-electron chi connectivity index (χ0n) is 12.7. The lowest BCUT2D eigenvalue weighted by atomic mass is 9.99. The molecule has 0 atom stereocenters. The van der Waals surface area contributed by atoms with Crippen molar-refractivity contribution in [3.05, 3.63) is 71.8 Å². The molecule has 0 amide bonds. The average Bonchev–Trinajstić information content (AvgIpc) is 2.53. The summed E-state index contributed by atoms with van der Waals surface area (Å²) in [5, 5.41) is 3.70. The minimum atomic E-state index is 0.479. The monoisotopic (exact) mass is 282 g/mol. The predicted molar refractivity (Wildman–Crippen MR) is 90.4 cm³/mol. The van der Waals surface area contributed by atoms with E-state index in [-0.39, 0.29) is 0 Å². The standard InChI is InChI=1S/C19H26N2/c20-13-7-8-14-21-19(15-17-9-3-1-4-10-17)16-18-11-5-2-6-12-18/h1-6,9-12,19,21H,7-8,13-16,20H2. The second kappa shape index (κ2) is 9.32. The van der Waals surface area contributed by atoms with Gasteiger partial charge in [0.2, 0.25) is 0 Å². The number of hydrogen-bond acceptors (Lipinski definition) is 2. The van der Waals surface area contributed by atoms with E-state index in [1.54, 1.807) is 0 Å². The smallest absolute Gasteiger partial charge is 0.0148 e. The van der Waals surface area contributed by atoms with E-state index < -0.39 is 0 Å². The Morgan fingerprint density at radius 2 is 1.29 bits per heavy atom. The molecular formula is C19H26N2. The van der Waals surface area contributed by atoms with Crippen LogP contribution >= 0.6 is 0 Å². The Morgan fingerprint density at radius 1 is 0.762 bits per heavy atom. The summed E-state index contributed by atoms with van der Waals surface area (Å²) < 4.78 is 0. The maximum absolute atomic E-state index is 5.56. The van der Waals surface area contributed by atoms with Crippen molar-refractivity contribution in [2.45, 2.75) is 31.7 Å². The van der Waals surface area contributed by atoms with E-state index in [0.29, 0.717) is 6.04 Å². The van der Waals surface area contributed by atoms with Crippen LogP contribution in [0.3, 0.4) is 0 Å². The Hall–Kier alpha value is -1.64. The van der Waals surface area contributed by atoms with Gasteiger partial charge in [-0.05, 0) is 49.9 Å². The first kappa shape index (κ1) is 15.7. The van der Waals surface area contributed by atoms with Gasteiger partial charge in [0.1, 0.15) is 0 Å². The second-order valence-corrected chi connectivity index (χ2v) is 5.53. The number of rotatable bonds is 9. The zero-order valence-corrected chi connectivity index (χ0v) is 12.7. The van der Waals surface area contributed by atoms with E-state index in [1.165, 1.54) is 11.1 Å². The van der Waals surface area contributed by atoms with Crippen LogP contribution in [0, 0.1) is 0 Å². The molecule has 0 aromatic heterocycles. The van der Waals surface area contributed by atoms with Crippen molar-refractivity contribution in [1.82, 2.24) is 5.32 Å². The highest BCUT2D eigenvalue weighted by Crippen LogP contribution is 2.09. The van der Waals surface area contributed by atoms with Gasteiger partial charge in [0.15, 0.2) is 0 Å². The van der Waals surface area contributed by atoms with Gasteiger partial charge in [0.25, 0.3) is 0 Å². The van der Waals surface area contributed by atoms with Crippen LogP contribution in [0.2, 0.25) is 0 Å². The Labute approximate surface area is 128 Å². The van der Waals surface area contributed by atoms with Gasteiger partial charge in [-0.15, -0.1) is 0 Å². The second-order valence-electron chi connectivity index (χ2n) is 5.53. The van der Waals surface area contributed by atoms with Gasteiger partial charge < -0.3 is 11.1 Å². The first-order chi connectivity index (χ1) is 10.4. The summed E-state index contributed by atoms with van der Waals surface area (Å²) in [6.07, 6.45) is 4.38. The lowest BCUT2D eigenvalue weighted by Gasteiger charge is -2.19. The number of benzene rings is 2. The Bertz CT molecular complexity index is 440. The van der Waals surface area contributed by atoms with Crippen LogP contribution in [0.4, 0.5) is 0 Å². The van der Waals surface area contributed by atoms with Gasteiger partial charge in [-0.3, -0.25) is 0 Å². The Balaban J connectivity index is 1.93. The molecule has 0 radical (unpaired) electrons. The predicted octanol–water partition coefficient (Wildman–Crippen LogP) is 3.17. The highest BCUT2D eigenvalue weighted by atomic mass is 14.9. The molecule has 0 fully saturated rings. The molecule has 0 aliphatic carbocycles. The third kappa shape index (κ3) is 6.11. The normalized spacial score (nSPS) is 11.0. The summed E-state index contributed by atoms with van der Waals surface area (Å²) in [6.45, 7) is 1.82. The molecule has 0 spiro atoms. The van der Waals surface area contributed by atoms with Crippen LogP contribution in [0.15, 0.2) is 60.7 Å². The van der Waals surface area contributed by atoms with Crippen molar-refractivity contribution >= 4 is 0 Å². The van der Waals surface area contributed by atoms with Gasteiger partial charge in [-0.25, -0.2) is 0 Å². The molecule has 0 aliphatic rings. The first-order valence-electron chi connectivity index (χ1n) is 7.90. The average molecular weight is 282 g/mol. The van der Waals surface area contributed by atoms with Crippen molar-refractivity contribution in [1.29, 1.82) is 0 Å². The summed E-state index contributed by atoms with van der Waals surface area (Å²) in [5.41, 5.74) is 8.35. The minimum absolute atomic E-state index is 0.479. The third-order valence-corrected chi connectivity index (χ3v) is 3.71. The molecule has 2 rings (SSSR count). The van der Waals surface area contributed by atoms with Crippen LogP contribution in [-0.4, -0.2) is 19.1 Å². The summed E-state index contributed by atoms with van der Waals surface area (Å²) in [7, 11) is 0. The van der Waals surface area contributed by atoms with Crippen molar-refractivity contribution < 1.29 is 0 Å². The molecule has 2 heteroatoms. The van der Waals surface area contributed by atoms with Crippen molar-refractivity contribution in [2.75, 3.05) is 13.1 Å². The van der Waals surface area contributed by atoms with E-state index in [1.807, 2.05) is 0 Å². The van der Waals surface area contributed by atoms with E-state index in [4.69, 9.17) is 5.73 Å². The molecule has 0 aliphatic heterocycles. The quantitative estimate of drug-likeness (QED) is 0.693. The highest BCUT2D eigenvalue weighted by Gasteiger charge is 2.09. The number of unbranched alkanes of at least 4 members (excludes halogenated alkanes) is 1. The minimum Gasteiger partial charge on any atom is -0.330 e. The molecule has 0 unspecified atom stereocenters. The van der Waals surface area contributed by atoms with E-state index in [2.05, 4.69) is 66.0 Å². The van der Waals surface area contributed by atoms with E-state index in [9.17, 15) is 0 Å². The van der Waals surface area contributed by atoms with Crippen LogP contribution in [-0.2, 0) is 12.8 Å². The van der Waals surface area contributed by atoms with Crippen LogP contribution in [0.5, 0.6) is 0 Å². The molecule has 0 bridgehead atoms. The molecule has 0 saturated heterocycles. The fourth-order valence-corrected chi connectivity index (χ4v) is 2.59. The molecule has 112 valence electrons. The fraction of sp³-hybridized carbons (Fsp3) is 0.368. The summed E-state index contributed by atoms with van der Waals surface area (Å²) >= 11 is 0. The van der Waals surface area contributed by atoms with Crippen LogP contribution in [0.1, 0.15) is 24.0 Å². The van der Waals surface area contributed by atoms with Crippen molar-refractivity contribution in [3.8, 4) is 0 Å². The van der Waals surface area contributed by atoms with Gasteiger partial charge in [-0.2, -0.15) is 0 Å². The number of nitrogens with two attached hydrogens (primary N) is 1. The highest BCUT2D eigenvalue weighted by molar-refractivity contribution is 5.19. The lowest BCUT2D eigenvalue weighted by molar-refractivity contribution is 0.493. The first-order valence-corrected chi connectivity index (χ1v) is 7.90. The third-order valence-electron chi connectivity index (χ3n) is 3.71. The molecule has 0 heterocycles. The van der Waals surface area contributed by atoms with Crippen molar-refractivity contribution in [2.24, 2.45) is 5.73 Å². The van der Waals surface area contributed by atoms with Gasteiger partial charge in [0, 0.05) is 6.04 Å². The molecule has 3 N–H and O–H groups in total. The summed E-state index contributed by atoms with van der Waals surface area (Å²) in [6, 6.07) is 21.9. The Kier molecular flexibility index (Phi) is 6.99. The number of hydrogen-bond donors (Lipinski definition) is 2. The van der Waals surface area contributed by atoms with E-state index >= 15 is 0 Å². The molecule has 21 heavy (non-hydrogen) atoms. The van der Waals surface area contributed by atoms with E-state index in [0.717, 1.165) is 38.8 Å². The maximum Gasteiger partial charge on any atom is 0.0148 e. The molecule has 2 nitrogen and oxygen atoms in total. The van der Waals surface area contributed by atoms with Crippen LogP contribution in [0.25, 0.3) is 0 Å². The zero-order chi connectivity index (χ0) is 14.8. The molecule has 0 saturated carbocycles. The summed E-state index contributed by atoms with van der Waals surface area (Å²) in [4.78, 5) is 0. The lowest BCUT2D eigenvalue weighted by Crippen LogP contribution is -2.34. The van der Waals surface area contributed by atoms with Crippen LogP contribution < -0.4 is 11.1 Å². The topological polar surface area (TPSA) is 38.0 Å². The maximum atomic E-state index is 5.56. The van der Waals surface area contributed by atoms with Gasteiger partial charge in [-0.1, -0.05) is 60.7 Å². The van der Waals surface area contributed by atoms with Crippen molar-refractivity contribution in [3.63, 3.8) is 0 Å². The SMILES string of the molecule is NCCCCNC(Cc1ccccc1)Cc1ccccc1. The largest absolute Gasteiger partial charge is 0.330 e. The molecular weight excluding hydrogens is 256 g/mol. The van der Waals surface area contributed by atoms with Gasteiger partial charge >= 0.3 is 0 Å². The molecule has 2 aromatic carbocycles. The number of nitrogens with one attached hydrogen (secondary N) is 1. The molecule has 2 aromatic rings. The Morgan fingerprint density at radius 3 is 1.76 bits per heavy atom.